The molecule has 22 heavy (non-hydrogen) atoms. The third kappa shape index (κ3) is 2.40. The molecule has 2 fully saturated rings. The first-order chi connectivity index (χ1) is 10.6. The number of aromatic nitrogens is 1. The monoisotopic (exact) mass is 305 g/mol. The molecule has 1 aromatic heterocycles. The van der Waals surface area contributed by atoms with E-state index in [0.717, 1.165) is 32.2 Å². The maximum atomic E-state index is 12.7. The van der Waals surface area contributed by atoms with Gasteiger partial charge >= 0.3 is 0 Å². The second-order valence-corrected chi connectivity index (χ2v) is 6.34. The summed E-state index contributed by atoms with van der Waals surface area (Å²) in [6.45, 7) is 5.85. The summed E-state index contributed by atoms with van der Waals surface area (Å²) >= 11 is 0. The number of amides is 2. The van der Waals surface area contributed by atoms with E-state index in [0.29, 0.717) is 30.8 Å². The van der Waals surface area contributed by atoms with Crippen LogP contribution in [0.15, 0.2) is 10.7 Å². The molecule has 1 atom stereocenters. The summed E-state index contributed by atoms with van der Waals surface area (Å²) in [5.74, 6) is 0.743. The van der Waals surface area contributed by atoms with Crippen molar-refractivity contribution >= 4 is 11.8 Å². The van der Waals surface area contributed by atoms with Gasteiger partial charge in [0.05, 0.1) is 11.7 Å². The van der Waals surface area contributed by atoms with E-state index in [1.165, 1.54) is 6.20 Å². The molecule has 0 N–H and O–H groups in total. The fourth-order valence-electron chi connectivity index (χ4n) is 4.00. The van der Waals surface area contributed by atoms with Crippen LogP contribution >= 0.6 is 0 Å². The first-order valence-electron chi connectivity index (χ1n) is 8.08. The zero-order valence-electron chi connectivity index (χ0n) is 13.3. The van der Waals surface area contributed by atoms with E-state index in [4.69, 9.17) is 4.52 Å². The summed E-state index contributed by atoms with van der Waals surface area (Å²) in [6.07, 6.45) is 5.94. The van der Waals surface area contributed by atoms with E-state index in [2.05, 4.69) is 5.16 Å². The highest BCUT2D eigenvalue weighted by Gasteiger charge is 2.45. The SMILES string of the molecule is CCN1C(=O)CCCC12CCCN(C(=O)c1cnoc1C)C2. The number of carbonyl (C=O) groups is 2. The summed E-state index contributed by atoms with van der Waals surface area (Å²) in [5, 5.41) is 3.70. The summed E-state index contributed by atoms with van der Waals surface area (Å²) in [4.78, 5) is 28.8. The Morgan fingerprint density at radius 3 is 2.86 bits per heavy atom. The van der Waals surface area contributed by atoms with E-state index < -0.39 is 0 Å². The number of piperidine rings is 2. The Morgan fingerprint density at radius 2 is 2.18 bits per heavy atom. The molecular formula is C16H23N3O3. The standard InChI is InChI=1S/C16H23N3O3/c1-3-19-14(20)6-4-7-16(19)8-5-9-18(11-16)15(21)13-10-17-22-12(13)2/h10H,3-9,11H2,1-2H3. The number of aryl methyl sites for hydroxylation is 1. The van der Waals surface area contributed by atoms with Gasteiger partial charge in [-0.2, -0.15) is 0 Å². The largest absolute Gasteiger partial charge is 0.361 e. The molecule has 2 aliphatic rings. The molecule has 0 radical (unpaired) electrons. The lowest BCUT2D eigenvalue weighted by molar-refractivity contribution is -0.144. The number of likely N-dealkylation sites (tertiary alicyclic amines) is 2. The molecule has 0 aliphatic carbocycles. The molecule has 120 valence electrons. The molecule has 2 amide bonds. The molecule has 1 aromatic rings. The van der Waals surface area contributed by atoms with Gasteiger partial charge in [0.1, 0.15) is 11.3 Å². The minimum Gasteiger partial charge on any atom is -0.361 e. The minimum atomic E-state index is -0.178. The Morgan fingerprint density at radius 1 is 1.41 bits per heavy atom. The van der Waals surface area contributed by atoms with Gasteiger partial charge in [-0.3, -0.25) is 9.59 Å². The molecule has 0 aromatic carbocycles. The maximum Gasteiger partial charge on any atom is 0.259 e. The minimum absolute atomic E-state index is 0.0353. The van der Waals surface area contributed by atoms with E-state index in [1.54, 1.807) is 6.92 Å². The average Bonchev–Trinajstić information content (AvgIpc) is 2.93. The van der Waals surface area contributed by atoms with Crippen LogP contribution in [-0.2, 0) is 4.79 Å². The predicted molar refractivity (Wildman–Crippen MR) is 80.3 cm³/mol. The second kappa shape index (κ2) is 5.74. The van der Waals surface area contributed by atoms with Crippen molar-refractivity contribution in [2.24, 2.45) is 0 Å². The van der Waals surface area contributed by atoms with Crippen molar-refractivity contribution in [2.75, 3.05) is 19.6 Å². The molecule has 3 heterocycles. The van der Waals surface area contributed by atoms with Gasteiger partial charge in [0, 0.05) is 26.1 Å². The Bertz CT molecular complexity index is 579. The number of rotatable bonds is 2. The molecule has 0 bridgehead atoms. The van der Waals surface area contributed by atoms with Gasteiger partial charge in [-0.15, -0.1) is 0 Å². The molecule has 3 rings (SSSR count). The van der Waals surface area contributed by atoms with Crippen LogP contribution < -0.4 is 0 Å². The summed E-state index contributed by atoms with van der Waals surface area (Å²) in [7, 11) is 0. The first kappa shape index (κ1) is 15.1. The van der Waals surface area contributed by atoms with Crippen LogP contribution in [0, 0.1) is 6.92 Å². The second-order valence-electron chi connectivity index (χ2n) is 6.34. The van der Waals surface area contributed by atoms with E-state index >= 15 is 0 Å². The van der Waals surface area contributed by atoms with Gasteiger partial charge in [0.2, 0.25) is 5.91 Å². The zero-order chi connectivity index (χ0) is 15.7. The third-order valence-electron chi connectivity index (χ3n) is 5.05. The van der Waals surface area contributed by atoms with Crippen molar-refractivity contribution in [3.8, 4) is 0 Å². The topological polar surface area (TPSA) is 66.7 Å². The number of carbonyl (C=O) groups excluding carboxylic acids is 2. The van der Waals surface area contributed by atoms with Crippen molar-refractivity contribution in [2.45, 2.75) is 51.5 Å². The number of nitrogens with zero attached hydrogens (tertiary/aromatic N) is 3. The number of hydrogen-bond acceptors (Lipinski definition) is 4. The average molecular weight is 305 g/mol. The first-order valence-corrected chi connectivity index (χ1v) is 8.08. The lowest BCUT2D eigenvalue weighted by atomic mass is 9.79. The molecule has 6 nitrogen and oxygen atoms in total. The van der Waals surface area contributed by atoms with Gasteiger partial charge in [-0.1, -0.05) is 5.16 Å². The van der Waals surface area contributed by atoms with Gasteiger partial charge in [-0.05, 0) is 39.5 Å². The van der Waals surface area contributed by atoms with Crippen molar-refractivity contribution in [1.29, 1.82) is 0 Å². The summed E-state index contributed by atoms with van der Waals surface area (Å²) < 4.78 is 5.01. The van der Waals surface area contributed by atoms with Crippen LogP contribution in [0.4, 0.5) is 0 Å². The van der Waals surface area contributed by atoms with Gasteiger partial charge in [0.15, 0.2) is 0 Å². The van der Waals surface area contributed by atoms with Crippen LogP contribution in [0.1, 0.15) is 55.1 Å². The highest BCUT2D eigenvalue weighted by atomic mass is 16.5. The normalized spacial score (nSPS) is 25.8. The van der Waals surface area contributed by atoms with Crippen LogP contribution in [0.2, 0.25) is 0 Å². The third-order valence-corrected chi connectivity index (χ3v) is 5.05. The lowest BCUT2D eigenvalue weighted by Gasteiger charge is -2.51. The van der Waals surface area contributed by atoms with E-state index in [-0.39, 0.29) is 17.4 Å². The molecular weight excluding hydrogens is 282 g/mol. The van der Waals surface area contributed by atoms with Crippen LogP contribution in [0.5, 0.6) is 0 Å². The quantitative estimate of drug-likeness (QED) is 0.838. The predicted octanol–water partition coefficient (Wildman–Crippen LogP) is 1.99. The smallest absolute Gasteiger partial charge is 0.259 e. The van der Waals surface area contributed by atoms with Crippen molar-refractivity contribution in [3.63, 3.8) is 0 Å². The molecule has 1 spiro atoms. The van der Waals surface area contributed by atoms with Crippen molar-refractivity contribution < 1.29 is 14.1 Å². The fourth-order valence-corrected chi connectivity index (χ4v) is 4.00. The Balaban J connectivity index is 1.83. The molecule has 2 aliphatic heterocycles. The summed E-state index contributed by atoms with van der Waals surface area (Å²) in [6, 6.07) is 0. The molecule has 0 saturated carbocycles. The number of hydrogen-bond donors (Lipinski definition) is 0. The van der Waals surface area contributed by atoms with Gasteiger partial charge < -0.3 is 14.3 Å². The van der Waals surface area contributed by atoms with Gasteiger partial charge in [0.25, 0.3) is 5.91 Å². The number of likely N-dealkylation sites (N-methyl/N-ethyl adjacent to an activating group) is 1. The van der Waals surface area contributed by atoms with Gasteiger partial charge in [-0.25, -0.2) is 0 Å². The molecule has 6 heteroatoms. The van der Waals surface area contributed by atoms with Crippen LogP contribution in [-0.4, -0.2) is 51.9 Å². The van der Waals surface area contributed by atoms with Crippen LogP contribution in [0.25, 0.3) is 0 Å². The van der Waals surface area contributed by atoms with E-state index in [9.17, 15) is 9.59 Å². The lowest BCUT2D eigenvalue weighted by Crippen LogP contribution is -2.63. The fraction of sp³-hybridized carbons (Fsp3) is 0.688. The Hall–Kier alpha value is -1.85. The highest BCUT2D eigenvalue weighted by Crippen LogP contribution is 2.37. The Labute approximate surface area is 130 Å². The van der Waals surface area contributed by atoms with Crippen molar-refractivity contribution in [3.05, 3.63) is 17.5 Å². The molecule has 2 saturated heterocycles. The summed E-state index contributed by atoms with van der Waals surface area (Å²) in [5.41, 5.74) is 0.352. The van der Waals surface area contributed by atoms with E-state index in [1.807, 2.05) is 16.7 Å². The van der Waals surface area contributed by atoms with Crippen LogP contribution in [0.3, 0.4) is 0 Å². The Kier molecular flexibility index (Phi) is 3.93. The highest BCUT2D eigenvalue weighted by molar-refractivity contribution is 5.95. The van der Waals surface area contributed by atoms with Crippen molar-refractivity contribution in [1.82, 2.24) is 15.0 Å². The maximum absolute atomic E-state index is 12.7. The molecule has 1 unspecified atom stereocenters. The zero-order valence-corrected chi connectivity index (χ0v) is 13.3.